The molecule has 5 nitrogen and oxygen atoms in total. The lowest BCUT2D eigenvalue weighted by molar-refractivity contribution is 0.355. The van der Waals surface area contributed by atoms with Crippen molar-refractivity contribution in [2.45, 2.75) is 31.1 Å². The number of aliphatic imine (C=N–C) groups is 1. The van der Waals surface area contributed by atoms with Crippen LogP contribution in [0.5, 0.6) is 11.5 Å². The third-order valence-corrected chi connectivity index (χ3v) is 5.23. The molecule has 0 unspecified atom stereocenters. The Morgan fingerprint density at radius 1 is 1.07 bits per heavy atom. The minimum absolute atomic E-state index is 0.0718. The lowest BCUT2D eigenvalue weighted by Crippen LogP contribution is -2.30. The summed E-state index contributed by atoms with van der Waals surface area (Å²) in [5, 5.41) is 3.10. The van der Waals surface area contributed by atoms with Gasteiger partial charge in [-0.25, -0.2) is 4.39 Å². The van der Waals surface area contributed by atoms with Crippen molar-refractivity contribution in [3.05, 3.63) is 53.8 Å². The fourth-order valence-electron chi connectivity index (χ4n) is 3.73. The van der Waals surface area contributed by atoms with E-state index in [0.29, 0.717) is 24.0 Å². The fourth-order valence-corrected chi connectivity index (χ4v) is 3.73. The summed E-state index contributed by atoms with van der Waals surface area (Å²) in [6, 6.07) is 12.3. The molecule has 1 aliphatic carbocycles. The summed E-state index contributed by atoms with van der Waals surface area (Å²) in [7, 11) is 3.18. The second kappa shape index (κ2) is 8.29. The molecular weight excluding hydrogens is 345 g/mol. The number of nitrogens with zero attached hydrogens (tertiary/aromatic N) is 1. The summed E-state index contributed by atoms with van der Waals surface area (Å²) in [6.45, 7) is 0.574. The maximum Gasteiger partial charge on any atom is 0.193 e. The van der Waals surface area contributed by atoms with E-state index >= 15 is 0 Å². The van der Waals surface area contributed by atoms with Crippen molar-refractivity contribution in [3.8, 4) is 11.5 Å². The summed E-state index contributed by atoms with van der Waals surface area (Å²) in [5.41, 5.74) is 7.94. The Kier molecular flexibility index (Phi) is 5.84. The molecule has 0 radical (unpaired) electrons. The molecule has 0 spiro atoms. The zero-order chi connectivity index (χ0) is 19.3. The highest BCUT2D eigenvalue weighted by Crippen LogP contribution is 2.41. The summed E-state index contributed by atoms with van der Waals surface area (Å²) in [5.74, 6) is 1.40. The van der Waals surface area contributed by atoms with E-state index in [1.807, 2.05) is 30.3 Å². The molecule has 0 bridgehead atoms. The Labute approximate surface area is 159 Å². The van der Waals surface area contributed by atoms with E-state index in [1.54, 1.807) is 14.2 Å². The molecule has 2 aromatic rings. The van der Waals surface area contributed by atoms with Gasteiger partial charge in [-0.05, 0) is 42.7 Å². The molecule has 0 atom stereocenters. The van der Waals surface area contributed by atoms with E-state index in [9.17, 15) is 4.39 Å². The van der Waals surface area contributed by atoms with Crippen LogP contribution in [-0.2, 0) is 5.41 Å². The fraction of sp³-hybridized carbons (Fsp3) is 0.381. The molecule has 3 N–H and O–H groups in total. The van der Waals surface area contributed by atoms with Crippen molar-refractivity contribution < 1.29 is 13.9 Å². The molecule has 1 fully saturated rings. The summed E-state index contributed by atoms with van der Waals surface area (Å²) in [4.78, 5) is 4.59. The molecule has 0 aromatic heterocycles. The van der Waals surface area contributed by atoms with Crippen LogP contribution in [0.15, 0.2) is 47.5 Å². The van der Waals surface area contributed by atoms with Gasteiger partial charge in [-0.15, -0.1) is 0 Å². The Balaban J connectivity index is 1.74. The van der Waals surface area contributed by atoms with Gasteiger partial charge in [-0.2, -0.15) is 0 Å². The van der Waals surface area contributed by atoms with Crippen molar-refractivity contribution in [1.82, 2.24) is 0 Å². The molecule has 27 heavy (non-hydrogen) atoms. The second-order valence-corrected chi connectivity index (χ2v) is 6.89. The minimum atomic E-state index is -0.218. The number of guanidine groups is 1. The standard InChI is InChI=1S/C21H26FN3O2/c1-26-18-10-9-17(13-19(18)27-2)25-20(23)24-14-21(11-3-4-12-21)15-5-7-16(22)8-6-15/h5-10,13H,3-4,11-12,14H2,1-2H3,(H3,23,24,25). The predicted molar refractivity (Wildman–Crippen MR) is 106 cm³/mol. The number of nitrogens with one attached hydrogen (secondary N) is 1. The van der Waals surface area contributed by atoms with Crippen molar-refractivity contribution in [1.29, 1.82) is 0 Å². The molecule has 144 valence electrons. The number of nitrogens with two attached hydrogens (primary N) is 1. The number of benzene rings is 2. The molecule has 0 amide bonds. The van der Waals surface area contributed by atoms with Crippen LogP contribution < -0.4 is 20.5 Å². The molecule has 1 aliphatic rings. The van der Waals surface area contributed by atoms with Crippen LogP contribution in [0.2, 0.25) is 0 Å². The average molecular weight is 371 g/mol. The van der Waals surface area contributed by atoms with Crippen LogP contribution in [-0.4, -0.2) is 26.7 Å². The Hall–Kier alpha value is -2.76. The lowest BCUT2D eigenvalue weighted by Gasteiger charge is -2.28. The Bertz CT molecular complexity index is 800. The van der Waals surface area contributed by atoms with E-state index in [0.717, 1.165) is 36.9 Å². The molecule has 0 saturated heterocycles. The van der Waals surface area contributed by atoms with Crippen LogP contribution in [0.1, 0.15) is 31.2 Å². The van der Waals surface area contributed by atoms with Gasteiger partial charge in [0.05, 0.1) is 20.8 Å². The zero-order valence-corrected chi connectivity index (χ0v) is 15.8. The third kappa shape index (κ3) is 4.32. The van der Waals surface area contributed by atoms with Gasteiger partial charge in [0.1, 0.15) is 5.82 Å². The summed E-state index contributed by atoms with van der Waals surface area (Å²) in [6.07, 6.45) is 4.36. The molecule has 0 aliphatic heterocycles. The smallest absolute Gasteiger partial charge is 0.193 e. The van der Waals surface area contributed by atoms with Gasteiger partial charge in [-0.3, -0.25) is 4.99 Å². The van der Waals surface area contributed by atoms with E-state index in [4.69, 9.17) is 15.2 Å². The van der Waals surface area contributed by atoms with E-state index < -0.39 is 0 Å². The van der Waals surface area contributed by atoms with Crippen molar-refractivity contribution in [2.75, 3.05) is 26.1 Å². The maximum absolute atomic E-state index is 13.3. The van der Waals surface area contributed by atoms with E-state index in [-0.39, 0.29) is 11.2 Å². The molecule has 2 aromatic carbocycles. The molecule has 6 heteroatoms. The van der Waals surface area contributed by atoms with Gasteiger partial charge in [0.25, 0.3) is 0 Å². The number of ether oxygens (including phenoxy) is 2. The third-order valence-electron chi connectivity index (χ3n) is 5.23. The normalized spacial score (nSPS) is 16.2. The topological polar surface area (TPSA) is 68.9 Å². The predicted octanol–water partition coefficient (Wildman–Crippen LogP) is 4.08. The first kappa shape index (κ1) is 19.0. The minimum Gasteiger partial charge on any atom is -0.493 e. The summed E-state index contributed by atoms with van der Waals surface area (Å²) < 4.78 is 23.8. The van der Waals surface area contributed by atoms with Gasteiger partial charge < -0.3 is 20.5 Å². The van der Waals surface area contributed by atoms with Gasteiger partial charge >= 0.3 is 0 Å². The first-order chi connectivity index (χ1) is 13.1. The zero-order valence-electron chi connectivity index (χ0n) is 15.8. The van der Waals surface area contributed by atoms with Crippen LogP contribution in [0, 0.1) is 5.82 Å². The summed E-state index contributed by atoms with van der Waals surface area (Å²) >= 11 is 0. The highest BCUT2D eigenvalue weighted by Gasteiger charge is 2.35. The van der Waals surface area contributed by atoms with Crippen molar-refractivity contribution >= 4 is 11.6 Å². The maximum atomic E-state index is 13.3. The monoisotopic (exact) mass is 371 g/mol. The molecule has 3 rings (SSSR count). The van der Waals surface area contributed by atoms with E-state index in [1.165, 1.54) is 12.1 Å². The number of hydrogen-bond acceptors (Lipinski definition) is 3. The Morgan fingerprint density at radius 3 is 2.37 bits per heavy atom. The highest BCUT2D eigenvalue weighted by atomic mass is 19.1. The first-order valence-electron chi connectivity index (χ1n) is 9.11. The Morgan fingerprint density at radius 2 is 1.74 bits per heavy atom. The van der Waals surface area contributed by atoms with Gasteiger partial charge in [-0.1, -0.05) is 25.0 Å². The van der Waals surface area contributed by atoms with E-state index in [2.05, 4.69) is 10.3 Å². The quantitative estimate of drug-likeness (QED) is 0.593. The van der Waals surface area contributed by atoms with Gasteiger partial charge in [0, 0.05) is 17.2 Å². The van der Waals surface area contributed by atoms with Crippen LogP contribution >= 0.6 is 0 Å². The lowest BCUT2D eigenvalue weighted by atomic mass is 9.79. The average Bonchev–Trinajstić information content (AvgIpc) is 3.17. The SMILES string of the molecule is COc1ccc(NC(N)=NCC2(c3ccc(F)cc3)CCCC2)cc1OC. The van der Waals surface area contributed by atoms with Gasteiger partial charge in [0.2, 0.25) is 0 Å². The van der Waals surface area contributed by atoms with Crippen LogP contribution in [0.25, 0.3) is 0 Å². The second-order valence-electron chi connectivity index (χ2n) is 6.89. The highest BCUT2D eigenvalue weighted by molar-refractivity contribution is 5.92. The van der Waals surface area contributed by atoms with Crippen molar-refractivity contribution in [2.24, 2.45) is 10.7 Å². The first-order valence-corrected chi connectivity index (χ1v) is 9.11. The van der Waals surface area contributed by atoms with Gasteiger partial charge in [0.15, 0.2) is 17.5 Å². The number of hydrogen-bond donors (Lipinski definition) is 2. The molecule has 1 saturated carbocycles. The number of halogens is 1. The number of rotatable bonds is 6. The van der Waals surface area contributed by atoms with Crippen LogP contribution in [0.4, 0.5) is 10.1 Å². The number of anilines is 1. The van der Waals surface area contributed by atoms with Crippen molar-refractivity contribution in [3.63, 3.8) is 0 Å². The molecular formula is C21H26FN3O2. The van der Waals surface area contributed by atoms with Crippen LogP contribution in [0.3, 0.4) is 0 Å². The largest absolute Gasteiger partial charge is 0.493 e. The number of methoxy groups -OCH3 is 2. The molecule has 0 heterocycles.